The summed E-state index contributed by atoms with van der Waals surface area (Å²) in [5.41, 5.74) is 1.44. The molecule has 7 heteroatoms. The third-order valence-electron chi connectivity index (χ3n) is 6.37. The minimum absolute atomic E-state index is 0.151. The number of nitrogens with one attached hydrogen (secondary N) is 1. The lowest BCUT2D eigenvalue weighted by Crippen LogP contribution is -2.53. The zero-order valence-electron chi connectivity index (χ0n) is 22.4. The molecule has 1 saturated heterocycles. The van der Waals surface area contributed by atoms with E-state index in [1.807, 2.05) is 81.4 Å². The van der Waals surface area contributed by atoms with Crippen molar-refractivity contribution in [3.05, 3.63) is 71.8 Å². The molecule has 1 heterocycles. The molecule has 2 aromatic carbocycles. The number of rotatable bonds is 10. The fourth-order valence-electron chi connectivity index (χ4n) is 4.74. The number of ether oxygens (including phenoxy) is 2. The topological polar surface area (TPSA) is 84.9 Å². The van der Waals surface area contributed by atoms with Gasteiger partial charge >= 0.3 is 11.9 Å². The van der Waals surface area contributed by atoms with Gasteiger partial charge in [-0.15, -0.1) is 0 Å². The molecule has 1 aliphatic heterocycles. The van der Waals surface area contributed by atoms with Crippen molar-refractivity contribution >= 4 is 17.8 Å². The summed E-state index contributed by atoms with van der Waals surface area (Å²) in [7, 11) is 0. The molecule has 3 atom stereocenters. The molecule has 1 aliphatic rings. The molecule has 0 aliphatic carbocycles. The van der Waals surface area contributed by atoms with Crippen molar-refractivity contribution in [1.29, 1.82) is 0 Å². The Balaban J connectivity index is 1.82. The maximum Gasteiger partial charge on any atom is 0.326 e. The van der Waals surface area contributed by atoms with Gasteiger partial charge in [-0.05, 0) is 70.9 Å². The molecule has 37 heavy (non-hydrogen) atoms. The Kier molecular flexibility index (Phi) is 10.3. The van der Waals surface area contributed by atoms with Gasteiger partial charge in [0.05, 0.1) is 18.7 Å². The molecule has 7 nitrogen and oxygen atoms in total. The Hall–Kier alpha value is -3.19. The van der Waals surface area contributed by atoms with Crippen molar-refractivity contribution in [2.24, 2.45) is 0 Å². The third-order valence-corrected chi connectivity index (χ3v) is 6.37. The van der Waals surface area contributed by atoms with Crippen LogP contribution < -0.4 is 5.32 Å². The Morgan fingerprint density at radius 2 is 1.68 bits per heavy atom. The number of amides is 1. The van der Waals surface area contributed by atoms with Gasteiger partial charge in [0.1, 0.15) is 18.2 Å². The average Bonchev–Trinajstić information content (AvgIpc) is 3.00. The van der Waals surface area contributed by atoms with Crippen LogP contribution in [0.15, 0.2) is 60.7 Å². The third kappa shape index (κ3) is 8.71. The Morgan fingerprint density at radius 1 is 1.03 bits per heavy atom. The second-order valence-corrected chi connectivity index (χ2v) is 10.5. The fourth-order valence-corrected chi connectivity index (χ4v) is 4.74. The molecule has 0 saturated carbocycles. The number of aryl methyl sites for hydroxylation is 1. The van der Waals surface area contributed by atoms with Gasteiger partial charge < -0.3 is 14.4 Å². The van der Waals surface area contributed by atoms with Crippen molar-refractivity contribution in [3.63, 3.8) is 0 Å². The van der Waals surface area contributed by atoms with Crippen LogP contribution in [0.4, 0.5) is 0 Å². The van der Waals surface area contributed by atoms with Crippen LogP contribution in [-0.4, -0.2) is 53.6 Å². The van der Waals surface area contributed by atoms with Crippen LogP contribution in [0.3, 0.4) is 0 Å². The average molecular weight is 509 g/mol. The van der Waals surface area contributed by atoms with Gasteiger partial charge in [-0.1, -0.05) is 60.7 Å². The molecular weight excluding hydrogens is 468 g/mol. The maximum atomic E-state index is 13.9. The van der Waals surface area contributed by atoms with Crippen molar-refractivity contribution < 1.29 is 23.9 Å². The van der Waals surface area contributed by atoms with Gasteiger partial charge in [-0.25, -0.2) is 0 Å². The molecule has 0 bridgehead atoms. The molecule has 1 amide bonds. The molecule has 200 valence electrons. The van der Waals surface area contributed by atoms with Crippen LogP contribution in [-0.2, 0) is 30.3 Å². The molecule has 2 aromatic rings. The number of esters is 2. The van der Waals surface area contributed by atoms with E-state index in [9.17, 15) is 14.4 Å². The number of likely N-dealkylation sites (tertiary alicyclic amines) is 1. The molecule has 1 N–H and O–H groups in total. The normalized spacial score (nSPS) is 19.1. The number of carbonyl (C=O) groups is 3. The largest absolute Gasteiger partial charge is 0.465 e. The first-order valence-corrected chi connectivity index (χ1v) is 13.2. The van der Waals surface area contributed by atoms with Gasteiger partial charge in [0.2, 0.25) is 5.91 Å². The number of nitrogens with zero attached hydrogens (tertiary/aromatic N) is 1. The van der Waals surface area contributed by atoms with Crippen LogP contribution in [0.1, 0.15) is 70.5 Å². The molecule has 1 fully saturated rings. The van der Waals surface area contributed by atoms with E-state index in [2.05, 4.69) is 5.32 Å². The lowest BCUT2D eigenvalue weighted by Gasteiger charge is -2.33. The standard InChI is InChI=1S/C30H40N2O5/c1-5-36-29(35)25(20-19-22-13-8-6-9-14-22)31-24-17-12-18-26(23-15-10-7-11-16-23)32(28(24)34)21-27(33)37-30(2,3)4/h6-11,13-16,24-26,31H,5,12,17-21H2,1-4H3. The van der Waals surface area contributed by atoms with Gasteiger partial charge in [0.15, 0.2) is 0 Å². The van der Waals surface area contributed by atoms with E-state index < -0.39 is 23.7 Å². The quantitative estimate of drug-likeness (QED) is 0.472. The Labute approximate surface area is 220 Å². The maximum absolute atomic E-state index is 13.9. The Morgan fingerprint density at radius 3 is 2.30 bits per heavy atom. The highest BCUT2D eigenvalue weighted by molar-refractivity contribution is 5.87. The summed E-state index contributed by atoms with van der Waals surface area (Å²) in [4.78, 5) is 41.2. The van der Waals surface area contributed by atoms with Crippen LogP contribution in [0.25, 0.3) is 0 Å². The number of benzene rings is 2. The first-order valence-electron chi connectivity index (χ1n) is 13.2. The van der Waals surface area contributed by atoms with Crippen LogP contribution in [0, 0.1) is 0 Å². The van der Waals surface area contributed by atoms with E-state index in [0.717, 1.165) is 17.5 Å². The molecule has 0 radical (unpaired) electrons. The molecule has 0 aromatic heterocycles. The van der Waals surface area contributed by atoms with Gasteiger partial charge in [-0.2, -0.15) is 0 Å². The van der Waals surface area contributed by atoms with Gasteiger partial charge in [0, 0.05) is 0 Å². The van der Waals surface area contributed by atoms with Crippen molar-refractivity contribution in [1.82, 2.24) is 10.2 Å². The van der Waals surface area contributed by atoms with E-state index >= 15 is 0 Å². The lowest BCUT2D eigenvalue weighted by atomic mass is 10.0. The second kappa shape index (κ2) is 13.4. The highest BCUT2D eigenvalue weighted by Gasteiger charge is 2.37. The summed E-state index contributed by atoms with van der Waals surface area (Å²) < 4.78 is 10.9. The summed E-state index contributed by atoms with van der Waals surface area (Å²) in [5.74, 6) is -1.02. The zero-order valence-corrected chi connectivity index (χ0v) is 22.4. The van der Waals surface area contributed by atoms with Crippen LogP contribution >= 0.6 is 0 Å². The summed E-state index contributed by atoms with van der Waals surface area (Å²) in [6, 6.07) is 18.2. The molecular formula is C30H40N2O5. The monoisotopic (exact) mass is 508 g/mol. The predicted molar refractivity (Wildman–Crippen MR) is 143 cm³/mol. The van der Waals surface area contributed by atoms with Gasteiger partial charge in [0.25, 0.3) is 0 Å². The molecule has 3 unspecified atom stereocenters. The minimum atomic E-state index is -0.654. The van der Waals surface area contributed by atoms with E-state index in [-0.39, 0.29) is 31.1 Å². The van der Waals surface area contributed by atoms with Crippen LogP contribution in [0.2, 0.25) is 0 Å². The predicted octanol–water partition coefficient (Wildman–Crippen LogP) is 4.60. The van der Waals surface area contributed by atoms with Gasteiger partial charge in [-0.3, -0.25) is 19.7 Å². The van der Waals surface area contributed by atoms with Crippen molar-refractivity contribution in [2.75, 3.05) is 13.2 Å². The summed E-state index contributed by atoms with van der Waals surface area (Å²) in [6.07, 6.45) is 3.22. The van der Waals surface area contributed by atoms with Crippen LogP contribution in [0.5, 0.6) is 0 Å². The van der Waals surface area contributed by atoms with E-state index in [1.54, 1.807) is 11.8 Å². The highest BCUT2D eigenvalue weighted by atomic mass is 16.6. The molecule has 3 rings (SSSR count). The summed E-state index contributed by atoms with van der Waals surface area (Å²) in [6.45, 7) is 7.32. The van der Waals surface area contributed by atoms with E-state index in [0.29, 0.717) is 25.7 Å². The highest BCUT2D eigenvalue weighted by Crippen LogP contribution is 2.31. The first kappa shape index (κ1) is 28.4. The second-order valence-electron chi connectivity index (χ2n) is 10.5. The minimum Gasteiger partial charge on any atom is -0.465 e. The van der Waals surface area contributed by atoms with Crippen molar-refractivity contribution in [3.8, 4) is 0 Å². The number of carbonyl (C=O) groups excluding carboxylic acids is 3. The van der Waals surface area contributed by atoms with E-state index in [1.165, 1.54) is 0 Å². The van der Waals surface area contributed by atoms with E-state index in [4.69, 9.17) is 9.47 Å². The fraction of sp³-hybridized carbons (Fsp3) is 0.500. The lowest BCUT2D eigenvalue weighted by molar-refractivity contribution is -0.160. The zero-order chi connectivity index (χ0) is 26.8. The molecule has 0 spiro atoms. The van der Waals surface area contributed by atoms with Crippen molar-refractivity contribution in [2.45, 2.75) is 83.5 Å². The summed E-state index contributed by atoms with van der Waals surface area (Å²) in [5, 5.41) is 3.31. The number of hydrogen-bond acceptors (Lipinski definition) is 6. The Bertz CT molecular complexity index is 1020. The SMILES string of the molecule is CCOC(=O)C(CCc1ccccc1)NC1CCCC(c2ccccc2)N(CC(=O)OC(C)(C)C)C1=O. The summed E-state index contributed by atoms with van der Waals surface area (Å²) >= 11 is 0. The smallest absolute Gasteiger partial charge is 0.326 e. The first-order chi connectivity index (χ1) is 17.7. The number of hydrogen-bond donors (Lipinski definition) is 1.